The van der Waals surface area contributed by atoms with E-state index in [1.165, 1.54) is 6.07 Å². The number of halogens is 2. The standard InChI is InChI=1S/C16H21ClFN3O/c17-12-4-1-5-13(18)14(12)15-16(22)20-7-8-21(15)10-11-3-2-6-19-9-11/h1,4-5,11,15,19H,2-3,6-10H2,(H,20,22). The molecule has 4 nitrogen and oxygen atoms in total. The lowest BCUT2D eigenvalue weighted by atomic mass is 9.95. The van der Waals surface area contributed by atoms with E-state index < -0.39 is 11.9 Å². The van der Waals surface area contributed by atoms with Crippen molar-refractivity contribution < 1.29 is 9.18 Å². The lowest BCUT2D eigenvalue weighted by molar-refractivity contribution is -0.129. The molecular formula is C16H21ClFN3O. The van der Waals surface area contributed by atoms with Gasteiger partial charge in [0, 0.05) is 30.2 Å². The molecule has 2 saturated heterocycles. The van der Waals surface area contributed by atoms with Gasteiger partial charge in [-0.25, -0.2) is 4.39 Å². The molecule has 1 amide bonds. The first kappa shape index (κ1) is 15.7. The number of nitrogens with one attached hydrogen (secondary N) is 2. The summed E-state index contributed by atoms with van der Waals surface area (Å²) in [5.74, 6) is -0.0870. The minimum absolute atomic E-state index is 0.165. The highest BCUT2D eigenvalue weighted by molar-refractivity contribution is 6.31. The van der Waals surface area contributed by atoms with Crippen molar-refractivity contribution in [3.8, 4) is 0 Å². The number of hydrogen-bond donors (Lipinski definition) is 2. The molecule has 0 bridgehead atoms. The zero-order valence-corrected chi connectivity index (χ0v) is 13.2. The molecule has 0 spiro atoms. The number of amides is 1. The Hall–Kier alpha value is -1.17. The Morgan fingerprint density at radius 1 is 1.36 bits per heavy atom. The van der Waals surface area contributed by atoms with Gasteiger partial charge in [-0.15, -0.1) is 0 Å². The van der Waals surface area contributed by atoms with Gasteiger partial charge in [0.05, 0.1) is 0 Å². The first-order chi connectivity index (χ1) is 10.7. The Bertz CT molecular complexity index is 528. The second-order valence-corrected chi connectivity index (χ2v) is 6.44. The van der Waals surface area contributed by atoms with Gasteiger partial charge in [0.25, 0.3) is 0 Å². The van der Waals surface area contributed by atoms with Gasteiger partial charge >= 0.3 is 0 Å². The number of benzene rings is 1. The van der Waals surface area contributed by atoms with Gasteiger partial charge in [0.15, 0.2) is 0 Å². The highest BCUT2D eigenvalue weighted by atomic mass is 35.5. The number of nitrogens with zero attached hydrogens (tertiary/aromatic N) is 1. The summed E-state index contributed by atoms with van der Waals surface area (Å²) in [4.78, 5) is 14.4. The summed E-state index contributed by atoms with van der Waals surface area (Å²) in [5, 5.41) is 6.53. The summed E-state index contributed by atoms with van der Waals surface area (Å²) >= 11 is 6.18. The molecule has 0 saturated carbocycles. The van der Waals surface area contributed by atoms with Crippen LogP contribution < -0.4 is 10.6 Å². The number of piperazine rings is 1. The highest BCUT2D eigenvalue weighted by Crippen LogP contribution is 2.32. The topological polar surface area (TPSA) is 44.4 Å². The van der Waals surface area contributed by atoms with Crippen LogP contribution in [0.1, 0.15) is 24.4 Å². The maximum Gasteiger partial charge on any atom is 0.242 e. The van der Waals surface area contributed by atoms with Crippen molar-refractivity contribution in [2.75, 3.05) is 32.7 Å². The SMILES string of the molecule is O=C1NCCN(CC2CCCNC2)C1c1c(F)cccc1Cl. The van der Waals surface area contributed by atoms with Crippen LogP contribution in [0.4, 0.5) is 4.39 Å². The Morgan fingerprint density at radius 2 is 2.23 bits per heavy atom. The van der Waals surface area contributed by atoms with Crippen molar-refractivity contribution >= 4 is 17.5 Å². The lowest BCUT2D eigenvalue weighted by Gasteiger charge is -2.38. The average molecular weight is 326 g/mol. The van der Waals surface area contributed by atoms with Crippen LogP contribution in [0.5, 0.6) is 0 Å². The highest BCUT2D eigenvalue weighted by Gasteiger charge is 2.35. The number of piperidine rings is 1. The molecule has 2 atom stereocenters. The van der Waals surface area contributed by atoms with E-state index in [0.29, 0.717) is 23.0 Å². The number of carbonyl (C=O) groups excluding carboxylic acids is 1. The maximum atomic E-state index is 14.3. The van der Waals surface area contributed by atoms with Crippen molar-refractivity contribution in [3.05, 3.63) is 34.6 Å². The summed E-state index contributed by atoms with van der Waals surface area (Å²) in [6.07, 6.45) is 2.29. The zero-order chi connectivity index (χ0) is 15.5. The van der Waals surface area contributed by atoms with Gasteiger partial charge in [-0.05, 0) is 44.0 Å². The van der Waals surface area contributed by atoms with E-state index in [9.17, 15) is 9.18 Å². The fourth-order valence-corrected chi connectivity index (χ4v) is 3.67. The molecule has 3 rings (SSSR count). The van der Waals surface area contributed by atoms with E-state index in [-0.39, 0.29) is 5.91 Å². The second kappa shape index (κ2) is 6.94. The summed E-state index contributed by atoms with van der Waals surface area (Å²) in [7, 11) is 0. The molecule has 0 radical (unpaired) electrons. The van der Waals surface area contributed by atoms with E-state index >= 15 is 0 Å². The summed E-state index contributed by atoms with van der Waals surface area (Å²) in [6, 6.07) is 3.94. The Morgan fingerprint density at radius 3 is 2.95 bits per heavy atom. The molecule has 1 aromatic carbocycles. The maximum absolute atomic E-state index is 14.3. The van der Waals surface area contributed by atoms with Crippen molar-refractivity contribution in [1.29, 1.82) is 0 Å². The van der Waals surface area contributed by atoms with Gasteiger partial charge in [-0.1, -0.05) is 17.7 Å². The number of carbonyl (C=O) groups is 1. The zero-order valence-electron chi connectivity index (χ0n) is 12.4. The van der Waals surface area contributed by atoms with E-state index in [1.807, 2.05) is 0 Å². The van der Waals surface area contributed by atoms with Crippen molar-refractivity contribution in [2.45, 2.75) is 18.9 Å². The molecule has 2 aliphatic rings. The number of hydrogen-bond acceptors (Lipinski definition) is 3. The Balaban J connectivity index is 1.85. The molecule has 6 heteroatoms. The van der Waals surface area contributed by atoms with Crippen molar-refractivity contribution in [3.63, 3.8) is 0 Å². The van der Waals surface area contributed by atoms with Crippen LogP contribution in [0.2, 0.25) is 5.02 Å². The lowest BCUT2D eigenvalue weighted by Crippen LogP contribution is -2.52. The normalized spacial score (nSPS) is 26.7. The quantitative estimate of drug-likeness (QED) is 0.893. The molecular weight excluding hydrogens is 305 g/mol. The van der Waals surface area contributed by atoms with Crippen LogP contribution in [0.15, 0.2) is 18.2 Å². The summed E-state index contributed by atoms with van der Waals surface area (Å²) in [6.45, 7) is 4.12. The van der Waals surface area contributed by atoms with Crippen LogP contribution in [0.25, 0.3) is 0 Å². The van der Waals surface area contributed by atoms with Crippen LogP contribution in [-0.2, 0) is 4.79 Å². The van der Waals surface area contributed by atoms with Gasteiger partial charge in [-0.2, -0.15) is 0 Å². The van der Waals surface area contributed by atoms with Gasteiger partial charge in [0.2, 0.25) is 5.91 Å². The third-order valence-corrected chi connectivity index (χ3v) is 4.81. The van der Waals surface area contributed by atoms with Crippen molar-refractivity contribution in [1.82, 2.24) is 15.5 Å². The van der Waals surface area contributed by atoms with E-state index in [1.54, 1.807) is 12.1 Å². The number of rotatable bonds is 3. The fraction of sp³-hybridized carbons (Fsp3) is 0.562. The minimum atomic E-state index is -0.635. The largest absolute Gasteiger partial charge is 0.353 e. The van der Waals surface area contributed by atoms with Crippen molar-refractivity contribution in [2.24, 2.45) is 5.92 Å². The van der Waals surface area contributed by atoms with Gasteiger partial charge in [-0.3, -0.25) is 9.69 Å². The Kier molecular flexibility index (Phi) is 4.96. The third-order valence-electron chi connectivity index (χ3n) is 4.48. The Labute approximate surface area is 135 Å². The first-order valence-corrected chi connectivity index (χ1v) is 8.21. The molecule has 2 fully saturated rings. The van der Waals surface area contributed by atoms with Crippen LogP contribution in [0, 0.1) is 11.7 Å². The first-order valence-electron chi connectivity index (χ1n) is 7.83. The molecule has 1 aromatic rings. The predicted molar refractivity (Wildman–Crippen MR) is 84.3 cm³/mol. The molecule has 0 aromatic heterocycles. The summed E-state index contributed by atoms with van der Waals surface area (Å²) in [5.41, 5.74) is 0.296. The average Bonchev–Trinajstić information content (AvgIpc) is 2.50. The fourth-order valence-electron chi connectivity index (χ4n) is 3.41. The smallest absolute Gasteiger partial charge is 0.242 e. The predicted octanol–water partition coefficient (Wildman–Crippen LogP) is 1.95. The summed E-state index contributed by atoms with van der Waals surface area (Å²) < 4.78 is 14.3. The van der Waals surface area contributed by atoms with E-state index in [4.69, 9.17) is 11.6 Å². The molecule has 2 N–H and O–H groups in total. The van der Waals surface area contributed by atoms with Crippen LogP contribution >= 0.6 is 11.6 Å². The molecule has 2 unspecified atom stereocenters. The van der Waals surface area contributed by atoms with Gasteiger partial charge < -0.3 is 10.6 Å². The molecule has 22 heavy (non-hydrogen) atoms. The van der Waals surface area contributed by atoms with Gasteiger partial charge in [0.1, 0.15) is 11.9 Å². The monoisotopic (exact) mass is 325 g/mol. The van der Waals surface area contributed by atoms with E-state index in [0.717, 1.165) is 39.0 Å². The van der Waals surface area contributed by atoms with Crippen LogP contribution in [-0.4, -0.2) is 43.5 Å². The molecule has 0 aliphatic carbocycles. The minimum Gasteiger partial charge on any atom is -0.353 e. The van der Waals surface area contributed by atoms with Crippen LogP contribution in [0.3, 0.4) is 0 Å². The molecule has 2 heterocycles. The molecule has 120 valence electrons. The second-order valence-electron chi connectivity index (χ2n) is 6.04. The third kappa shape index (κ3) is 3.26. The molecule has 2 aliphatic heterocycles. The van der Waals surface area contributed by atoms with E-state index in [2.05, 4.69) is 15.5 Å².